The third-order valence-corrected chi connectivity index (χ3v) is 2.65. The molecule has 6 nitrogen and oxygen atoms in total. The van der Waals surface area contributed by atoms with E-state index in [0.29, 0.717) is 0 Å². The predicted octanol–water partition coefficient (Wildman–Crippen LogP) is -2.04. The SMILES string of the molecule is CC(C)NC(=O)CC1NC(CO)C(O)C1O. The quantitative estimate of drug-likeness (QED) is 0.384. The summed E-state index contributed by atoms with van der Waals surface area (Å²) in [5.74, 6) is -0.183. The van der Waals surface area contributed by atoms with Gasteiger partial charge in [-0.2, -0.15) is 0 Å². The highest BCUT2D eigenvalue weighted by Crippen LogP contribution is 2.16. The highest BCUT2D eigenvalue weighted by atomic mass is 16.3. The lowest BCUT2D eigenvalue weighted by atomic mass is 10.1. The van der Waals surface area contributed by atoms with Crippen LogP contribution in [-0.4, -0.2) is 58.2 Å². The number of carbonyl (C=O) groups excluding carboxylic acids is 1. The molecule has 0 aliphatic carbocycles. The zero-order valence-electron chi connectivity index (χ0n) is 9.55. The molecule has 1 amide bonds. The number of rotatable bonds is 4. The Bertz CT molecular complexity index is 247. The van der Waals surface area contributed by atoms with Gasteiger partial charge in [0, 0.05) is 18.5 Å². The Balaban J connectivity index is 2.47. The molecule has 0 aromatic rings. The smallest absolute Gasteiger partial charge is 0.221 e. The number of hydrogen-bond donors (Lipinski definition) is 5. The summed E-state index contributed by atoms with van der Waals surface area (Å²) in [6.45, 7) is 3.43. The van der Waals surface area contributed by atoms with E-state index in [0.717, 1.165) is 0 Å². The second kappa shape index (κ2) is 5.58. The van der Waals surface area contributed by atoms with Gasteiger partial charge in [-0.1, -0.05) is 0 Å². The lowest BCUT2D eigenvalue weighted by molar-refractivity contribution is -0.122. The number of aliphatic hydroxyl groups excluding tert-OH is 3. The van der Waals surface area contributed by atoms with E-state index in [1.807, 2.05) is 13.8 Å². The number of aliphatic hydroxyl groups is 3. The molecular weight excluding hydrogens is 212 g/mol. The molecule has 94 valence electrons. The normalized spacial score (nSPS) is 34.4. The molecular formula is C10H20N2O4. The van der Waals surface area contributed by atoms with Crippen LogP contribution in [0.3, 0.4) is 0 Å². The van der Waals surface area contributed by atoms with Gasteiger partial charge in [0.1, 0.15) is 0 Å². The number of carbonyl (C=O) groups is 1. The lowest BCUT2D eigenvalue weighted by Gasteiger charge is -2.16. The second-order valence-electron chi connectivity index (χ2n) is 4.47. The van der Waals surface area contributed by atoms with Gasteiger partial charge in [0.05, 0.1) is 24.9 Å². The van der Waals surface area contributed by atoms with Crippen molar-refractivity contribution in [3.8, 4) is 0 Å². The molecule has 1 aliphatic rings. The Morgan fingerprint density at radius 3 is 2.31 bits per heavy atom. The van der Waals surface area contributed by atoms with Gasteiger partial charge in [0.25, 0.3) is 0 Å². The summed E-state index contributed by atoms with van der Waals surface area (Å²) in [6, 6.07) is -1.03. The van der Waals surface area contributed by atoms with Crippen LogP contribution in [-0.2, 0) is 4.79 Å². The second-order valence-corrected chi connectivity index (χ2v) is 4.47. The summed E-state index contributed by atoms with van der Waals surface area (Å²) in [5.41, 5.74) is 0. The molecule has 1 rings (SSSR count). The lowest BCUT2D eigenvalue weighted by Crippen LogP contribution is -2.41. The van der Waals surface area contributed by atoms with Crippen molar-refractivity contribution in [1.29, 1.82) is 0 Å². The van der Waals surface area contributed by atoms with Crippen molar-refractivity contribution in [2.45, 2.75) is 50.6 Å². The third-order valence-electron chi connectivity index (χ3n) is 2.65. The highest BCUT2D eigenvalue weighted by Gasteiger charge is 2.41. The fourth-order valence-electron chi connectivity index (χ4n) is 1.87. The molecule has 0 aromatic carbocycles. The van der Waals surface area contributed by atoms with Crippen molar-refractivity contribution in [1.82, 2.24) is 10.6 Å². The van der Waals surface area contributed by atoms with Gasteiger partial charge < -0.3 is 26.0 Å². The molecule has 1 saturated heterocycles. The van der Waals surface area contributed by atoms with E-state index >= 15 is 0 Å². The fraction of sp³-hybridized carbons (Fsp3) is 0.900. The summed E-state index contributed by atoms with van der Waals surface area (Å²) >= 11 is 0. The highest BCUT2D eigenvalue weighted by molar-refractivity contribution is 5.77. The summed E-state index contributed by atoms with van der Waals surface area (Å²) in [5, 5.41) is 33.6. The van der Waals surface area contributed by atoms with Crippen LogP contribution in [0.2, 0.25) is 0 Å². The maximum atomic E-state index is 11.5. The third kappa shape index (κ3) is 3.15. The monoisotopic (exact) mass is 232 g/mol. The van der Waals surface area contributed by atoms with E-state index in [9.17, 15) is 15.0 Å². The van der Waals surface area contributed by atoms with Crippen molar-refractivity contribution in [3.63, 3.8) is 0 Å². The first-order valence-electron chi connectivity index (χ1n) is 5.48. The van der Waals surface area contributed by atoms with Crippen LogP contribution in [0.25, 0.3) is 0 Å². The van der Waals surface area contributed by atoms with Crippen molar-refractivity contribution in [2.24, 2.45) is 0 Å². The molecule has 0 spiro atoms. The maximum Gasteiger partial charge on any atom is 0.221 e. The minimum absolute atomic E-state index is 0.0459. The fourth-order valence-corrected chi connectivity index (χ4v) is 1.87. The van der Waals surface area contributed by atoms with E-state index in [-0.39, 0.29) is 25.0 Å². The van der Waals surface area contributed by atoms with E-state index in [4.69, 9.17) is 5.11 Å². The first-order valence-corrected chi connectivity index (χ1v) is 5.48. The minimum Gasteiger partial charge on any atom is -0.395 e. The minimum atomic E-state index is -1.03. The van der Waals surface area contributed by atoms with Crippen LogP contribution in [0.4, 0.5) is 0 Å². The average Bonchev–Trinajstić information content (AvgIpc) is 2.44. The molecule has 0 aromatic heterocycles. The van der Waals surface area contributed by atoms with Crippen LogP contribution < -0.4 is 10.6 Å². The number of nitrogens with one attached hydrogen (secondary N) is 2. The first kappa shape index (κ1) is 13.4. The van der Waals surface area contributed by atoms with Gasteiger partial charge in [-0.05, 0) is 13.8 Å². The Kier molecular flexibility index (Phi) is 4.67. The van der Waals surface area contributed by atoms with Crippen molar-refractivity contribution >= 4 is 5.91 Å². The summed E-state index contributed by atoms with van der Waals surface area (Å²) in [4.78, 5) is 11.5. The van der Waals surface area contributed by atoms with Crippen LogP contribution in [0, 0.1) is 0 Å². The van der Waals surface area contributed by atoms with E-state index in [1.54, 1.807) is 0 Å². The summed E-state index contributed by atoms with van der Waals surface area (Å²) in [6.07, 6.45) is -1.95. The van der Waals surface area contributed by atoms with Gasteiger partial charge in [0.15, 0.2) is 0 Å². The van der Waals surface area contributed by atoms with Crippen LogP contribution in [0.15, 0.2) is 0 Å². The van der Waals surface area contributed by atoms with E-state index < -0.39 is 24.3 Å². The first-order chi connectivity index (χ1) is 7.45. The molecule has 0 bridgehead atoms. The van der Waals surface area contributed by atoms with Crippen molar-refractivity contribution < 1.29 is 20.1 Å². The van der Waals surface area contributed by atoms with E-state index in [1.165, 1.54) is 0 Å². The van der Waals surface area contributed by atoms with Crippen LogP contribution in [0.1, 0.15) is 20.3 Å². The van der Waals surface area contributed by atoms with E-state index in [2.05, 4.69) is 10.6 Å². The van der Waals surface area contributed by atoms with Gasteiger partial charge in [-0.25, -0.2) is 0 Å². The van der Waals surface area contributed by atoms with Gasteiger partial charge >= 0.3 is 0 Å². The summed E-state index contributed by atoms with van der Waals surface area (Å²) < 4.78 is 0. The van der Waals surface area contributed by atoms with Gasteiger partial charge in [0.2, 0.25) is 5.91 Å². The molecule has 1 heterocycles. The Morgan fingerprint density at radius 2 is 1.88 bits per heavy atom. The van der Waals surface area contributed by atoms with Gasteiger partial charge in [-0.15, -0.1) is 0 Å². The molecule has 16 heavy (non-hydrogen) atoms. The maximum absolute atomic E-state index is 11.5. The van der Waals surface area contributed by atoms with Gasteiger partial charge in [-0.3, -0.25) is 4.79 Å². The molecule has 4 unspecified atom stereocenters. The van der Waals surface area contributed by atoms with Crippen LogP contribution >= 0.6 is 0 Å². The Morgan fingerprint density at radius 1 is 1.31 bits per heavy atom. The topological polar surface area (TPSA) is 102 Å². The molecule has 4 atom stereocenters. The zero-order chi connectivity index (χ0) is 12.3. The van der Waals surface area contributed by atoms with Crippen LogP contribution in [0.5, 0.6) is 0 Å². The summed E-state index contributed by atoms with van der Waals surface area (Å²) in [7, 11) is 0. The standard InChI is InChI=1S/C10H20N2O4/c1-5(2)11-8(14)3-6-9(15)10(16)7(4-13)12-6/h5-7,9-10,12-13,15-16H,3-4H2,1-2H3,(H,11,14). The number of hydrogen-bond acceptors (Lipinski definition) is 5. The average molecular weight is 232 g/mol. The molecule has 1 aliphatic heterocycles. The Hall–Kier alpha value is -0.690. The molecule has 1 fully saturated rings. The molecule has 0 radical (unpaired) electrons. The van der Waals surface area contributed by atoms with Crippen molar-refractivity contribution in [2.75, 3.05) is 6.61 Å². The zero-order valence-corrected chi connectivity index (χ0v) is 9.55. The molecule has 5 N–H and O–H groups in total. The molecule has 6 heteroatoms. The largest absolute Gasteiger partial charge is 0.395 e. The predicted molar refractivity (Wildman–Crippen MR) is 57.7 cm³/mol. The van der Waals surface area contributed by atoms with Crippen molar-refractivity contribution in [3.05, 3.63) is 0 Å². The molecule has 0 saturated carbocycles. The number of amides is 1. The Labute approximate surface area is 94.7 Å².